The van der Waals surface area contributed by atoms with Gasteiger partial charge in [0, 0.05) is 38.6 Å². The van der Waals surface area contributed by atoms with Crippen molar-refractivity contribution in [3.63, 3.8) is 0 Å². The summed E-state index contributed by atoms with van der Waals surface area (Å²) in [7, 11) is 0. The van der Waals surface area contributed by atoms with Gasteiger partial charge in [-0.25, -0.2) is 0 Å². The zero-order valence-corrected chi connectivity index (χ0v) is 15.3. The number of aromatic nitrogens is 2. The second-order valence-electron chi connectivity index (χ2n) is 6.92. The summed E-state index contributed by atoms with van der Waals surface area (Å²) in [5, 5.41) is 13.8. The van der Waals surface area contributed by atoms with E-state index >= 15 is 0 Å². The summed E-state index contributed by atoms with van der Waals surface area (Å²) < 4.78 is 1.96. The number of nitrogens with zero attached hydrogens (tertiary/aromatic N) is 3. The third-order valence-electron chi connectivity index (χ3n) is 4.53. The summed E-state index contributed by atoms with van der Waals surface area (Å²) in [6.07, 6.45) is 3.81. The fourth-order valence-corrected chi connectivity index (χ4v) is 3.20. The Balaban J connectivity index is 1.77. The molecular weight excluding hydrogens is 322 g/mol. The van der Waals surface area contributed by atoms with Crippen LogP contribution in [-0.2, 0) is 19.6 Å². The van der Waals surface area contributed by atoms with Gasteiger partial charge < -0.3 is 5.11 Å². The van der Waals surface area contributed by atoms with Crippen LogP contribution in [0.15, 0.2) is 73.1 Å². The van der Waals surface area contributed by atoms with Gasteiger partial charge in [-0.3, -0.25) is 9.58 Å². The zero-order chi connectivity index (χ0) is 18.2. The van der Waals surface area contributed by atoms with E-state index in [0.717, 1.165) is 26.2 Å². The molecule has 4 heteroatoms. The fourth-order valence-electron chi connectivity index (χ4n) is 3.20. The topological polar surface area (TPSA) is 41.3 Å². The molecule has 0 aliphatic carbocycles. The number of benzene rings is 2. The van der Waals surface area contributed by atoms with Crippen molar-refractivity contribution in [3.05, 3.63) is 89.7 Å². The molecule has 1 aromatic heterocycles. The van der Waals surface area contributed by atoms with Crippen LogP contribution in [0.4, 0.5) is 0 Å². The summed E-state index contributed by atoms with van der Waals surface area (Å²) in [5.41, 5.74) is 3.89. The summed E-state index contributed by atoms with van der Waals surface area (Å²) in [6, 6.07) is 21.0. The van der Waals surface area contributed by atoms with Gasteiger partial charge in [0.2, 0.25) is 0 Å². The average molecular weight is 349 g/mol. The standard InChI is InChI=1S/C22H27N3O/c1-19(18-26)14-24(15-20-8-3-2-4-9-20)16-21-10-5-6-11-22(21)17-25-13-7-12-23-25/h2-13,19,26H,14-18H2,1H3/t19-/m0/s1. The Morgan fingerprint density at radius 2 is 1.69 bits per heavy atom. The Hall–Kier alpha value is -2.43. The van der Waals surface area contributed by atoms with Crippen LogP contribution >= 0.6 is 0 Å². The van der Waals surface area contributed by atoms with E-state index in [1.54, 1.807) is 0 Å². The molecule has 3 aromatic rings. The molecule has 0 radical (unpaired) electrons. The first-order valence-corrected chi connectivity index (χ1v) is 9.16. The minimum atomic E-state index is 0.209. The van der Waals surface area contributed by atoms with Gasteiger partial charge in [0.1, 0.15) is 0 Å². The van der Waals surface area contributed by atoms with Crippen molar-refractivity contribution in [2.24, 2.45) is 5.92 Å². The minimum Gasteiger partial charge on any atom is -0.396 e. The molecule has 26 heavy (non-hydrogen) atoms. The summed E-state index contributed by atoms with van der Waals surface area (Å²) in [6.45, 7) is 5.67. The highest BCUT2D eigenvalue weighted by molar-refractivity contribution is 5.27. The average Bonchev–Trinajstić information content (AvgIpc) is 3.17. The molecule has 0 saturated heterocycles. The highest BCUT2D eigenvalue weighted by Crippen LogP contribution is 2.16. The van der Waals surface area contributed by atoms with Crippen molar-refractivity contribution in [2.45, 2.75) is 26.6 Å². The number of hydrogen-bond donors (Lipinski definition) is 1. The molecule has 0 aliphatic rings. The van der Waals surface area contributed by atoms with E-state index in [0.29, 0.717) is 0 Å². The molecule has 0 fully saturated rings. The van der Waals surface area contributed by atoms with E-state index in [9.17, 15) is 5.11 Å². The molecule has 0 spiro atoms. The van der Waals surface area contributed by atoms with Crippen molar-refractivity contribution in [1.82, 2.24) is 14.7 Å². The van der Waals surface area contributed by atoms with Gasteiger partial charge in [-0.05, 0) is 28.7 Å². The normalized spacial score (nSPS) is 12.4. The third kappa shape index (κ3) is 5.28. The van der Waals surface area contributed by atoms with Gasteiger partial charge in [-0.15, -0.1) is 0 Å². The Labute approximate surface area is 155 Å². The van der Waals surface area contributed by atoms with Gasteiger partial charge in [0.05, 0.1) is 6.54 Å². The number of hydrogen-bond acceptors (Lipinski definition) is 3. The third-order valence-corrected chi connectivity index (χ3v) is 4.53. The SMILES string of the molecule is C[C@H](CO)CN(Cc1ccccc1)Cc1ccccc1Cn1cccn1. The van der Waals surface area contributed by atoms with E-state index in [2.05, 4.69) is 65.5 Å². The predicted octanol–water partition coefficient (Wildman–Crippen LogP) is 3.56. The molecule has 4 nitrogen and oxygen atoms in total. The van der Waals surface area contributed by atoms with Crippen molar-refractivity contribution in [2.75, 3.05) is 13.2 Å². The number of aliphatic hydroxyl groups is 1. The monoisotopic (exact) mass is 349 g/mol. The fraction of sp³-hybridized carbons (Fsp3) is 0.318. The first-order valence-electron chi connectivity index (χ1n) is 9.16. The highest BCUT2D eigenvalue weighted by atomic mass is 16.3. The largest absolute Gasteiger partial charge is 0.396 e. The summed E-state index contributed by atoms with van der Waals surface area (Å²) >= 11 is 0. The summed E-state index contributed by atoms with van der Waals surface area (Å²) in [4.78, 5) is 2.41. The van der Waals surface area contributed by atoms with Gasteiger partial charge in [0.25, 0.3) is 0 Å². The zero-order valence-electron chi connectivity index (χ0n) is 15.3. The van der Waals surface area contributed by atoms with Crippen LogP contribution < -0.4 is 0 Å². The van der Waals surface area contributed by atoms with Crippen LogP contribution in [-0.4, -0.2) is 32.9 Å². The van der Waals surface area contributed by atoms with E-state index in [1.807, 2.05) is 29.2 Å². The predicted molar refractivity (Wildman–Crippen MR) is 105 cm³/mol. The van der Waals surface area contributed by atoms with Crippen molar-refractivity contribution in [3.8, 4) is 0 Å². The van der Waals surface area contributed by atoms with Crippen LogP contribution in [0.1, 0.15) is 23.6 Å². The Kier molecular flexibility index (Phi) is 6.58. The van der Waals surface area contributed by atoms with Gasteiger partial charge in [0.15, 0.2) is 0 Å². The van der Waals surface area contributed by atoms with E-state index in [4.69, 9.17) is 0 Å². The first-order chi connectivity index (χ1) is 12.7. The lowest BCUT2D eigenvalue weighted by Crippen LogP contribution is -2.29. The maximum absolute atomic E-state index is 9.50. The maximum Gasteiger partial charge on any atom is 0.0662 e. The second-order valence-corrected chi connectivity index (χ2v) is 6.92. The second kappa shape index (κ2) is 9.32. The molecule has 3 rings (SSSR count). The molecule has 0 amide bonds. The van der Waals surface area contributed by atoms with Gasteiger partial charge >= 0.3 is 0 Å². The lowest BCUT2D eigenvalue weighted by Gasteiger charge is -2.26. The van der Waals surface area contributed by atoms with E-state index in [1.165, 1.54) is 16.7 Å². The molecule has 1 N–H and O–H groups in total. The molecule has 1 atom stereocenters. The molecule has 136 valence electrons. The van der Waals surface area contributed by atoms with Crippen molar-refractivity contribution < 1.29 is 5.11 Å². The van der Waals surface area contributed by atoms with Crippen LogP contribution in [0.3, 0.4) is 0 Å². The molecule has 2 aromatic carbocycles. The Morgan fingerprint density at radius 3 is 2.38 bits per heavy atom. The van der Waals surface area contributed by atoms with Crippen molar-refractivity contribution in [1.29, 1.82) is 0 Å². The lowest BCUT2D eigenvalue weighted by atomic mass is 10.1. The highest BCUT2D eigenvalue weighted by Gasteiger charge is 2.13. The lowest BCUT2D eigenvalue weighted by molar-refractivity contribution is 0.163. The molecule has 1 heterocycles. The molecule has 0 aliphatic heterocycles. The molecule has 0 bridgehead atoms. The summed E-state index contributed by atoms with van der Waals surface area (Å²) in [5.74, 6) is 0.247. The van der Waals surface area contributed by atoms with Crippen LogP contribution in [0.5, 0.6) is 0 Å². The van der Waals surface area contributed by atoms with Crippen LogP contribution in [0, 0.1) is 5.92 Å². The minimum absolute atomic E-state index is 0.209. The quantitative estimate of drug-likeness (QED) is 0.642. The smallest absolute Gasteiger partial charge is 0.0662 e. The number of aliphatic hydroxyl groups excluding tert-OH is 1. The van der Waals surface area contributed by atoms with E-state index in [-0.39, 0.29) is 12.5 Å². The van der Waals surface area contributed by atoms with Gasteiger partial charge in [-0.2, -0.15) is 5.10 Å². The molecule has 0 unspecified atom stereocenters. The maximum atomic E-state index is 9.50. The first kappa shape index (κ1) is 18.4. The van der Waals surface area contributed by atoms with Crippen LogP contribution in [0.25, 0.3) is 0 Å². The number of rotatable bonds is 9. The Morgan fingerprint density at radius 1 is 0.962 bits per heavy atom. The van der Waals surface area contributed by atoms with Crippen LogP contribution in [0.2, 0.25) is 0 Å². The molecular formula is C22H27N3O. The Bertz CT molecular complexity index is 771. The van der Waals surface area contributed by atoms with E-state index < -0.39 is 0 Å². The molecule has 0 saturated carbocycles. The van der Waals surface area contributed by atoms with Gasteiger partial charge in [-0.1, -0.05) is 61.5 Å². The van der Waals surface area contributed by atoms with Crippen molar-refractivity contribution >= 4 is 0 Å².